The molecule has 0 aromatic heterocycles. The van der Waals surface area contributed by atoms with Crippen LogP contribution in [0.15, 0.2) is 131 Å². The minimum absolute atomic E-state index is 0.0660. The fourth-order valence-corrected chi connectivity index (χ4v) is 5.06. The van der Waals surface area contributed by atoms with Gasteiger partial charge >= 0.3 is 0 Å². The standard InChI is InChI=1S/C27H23N2P/c1-5-13-23(14-6-1)21-28-27(25-17-9-3-10-18-25)30(26-19-11-4-12-20-26)29-22-24-15-7-2-8-16-24/h1-22,27H/b28-21+,29-22+. The van der Waals surface area contributed by atoms with Crippen molar-refractivity contribution in [3.8, 4) is 0 Å². The molecule has 0 saturated carbocycles. The van der Waals surface area contributed by atoms with Crippen LogP contribution in [0, 0.1) is 0 Å². The normalized spacial score (nSPS) is 13.5. The number of hydrogen-bond acceptors (Lipinski definition) is 2. The molecule has 0 fully saturated rings. The lowest BCUT2D eigenvalue weighted by atomic mass is 10.2. The Labute approximate surface area is 179 Å². The minimum atomic E-state index is -0.944. The first-order valence-electron chi connectivity index (χ1n) is 9.97. The van der Waals surface area contributed by atoms with Gasteiger partial charge in [0.25, 0.3) is 0 Å². The van der Waals surface area contributed by atoms with Gasteiger partial charge < -0.3 is 0 Å². The molecular weight excluding hydrogens is 383 g/mol. The maximum absolute atomic E-state index is 5.08. The van der Waals surface area contributed by atoms with Crippen LogP contribution in [0.2, 0.25) is 0 Å². The van der Waals surface area contributed by atoms with E-state index in [0.717, 1.165) is 11.1 Å². The summed E-state index contributed by atoms with van der Waals surface area (Å²) in [4.78, 5) is 5.04. The molecule has 4 rings (SSSR count). The van der Waals surface area contributed by atoms with Crippen LogP contribution in [0.5, 0.6) is 0 Å². The maximum atomic E-state index is 5.08. The lowest BCUT2D eigenvalue weighted by molar-refractivity contribution is 1.02. The van der Waals surface area contributed by atoms with Gasteiger partial charge in [-0.1, -0.05) is 121 Å². The van der Waals surface area contributed by atoms with E-state index in [4.69, 9.17) is 9.76 Å². The first-order chi connectivity index (χ1) is 14.9. The summed E-state index contributed by atoms with van der Waals surface area (Å²) in [6.45, 7) is 0. The van der Waals surface area contributed by atoms with Crippen LogP contribution in [0.4, 0.5) is 0 Å². The van der Waals surface area contributed by atoms with Gasteiger partial charge in [0, 0.05) is 17.7 Å². The molecule has 0 spiro atoms. The van der Waals surface area contributed by atoms with Crippen LogP contribution in [-0.2, 0) is 0 Å². The van der Waals surface area contributed by atoms with Gasteiger partial charge in [0.2, 0.25) is 0 Å². The highest BCUT2D eigenvalue weighted by Crippen LogP contribution is 2.52. The molecule has 3 heteroatoms. The summed E-state index contributed by atoms with van der Waals surface area (Å²) in [7, 11) is -0.944. The Morgan fingerprint density at radius 3 is 1.57 bits per heavy atom. The summed E-state index contributed by atoms with van der Waals surface area (Å²) < 4.78 is 5.08. The highest BCUT2D eigenvalue weighted by atomic mass is 31.1. The second-order valence-corrected chi connectivity index (χ2v) is 8.73. The van der Waals surface area contributed by atoms with Gasteiger partial charge in [0.1, 0.15) is 5.78 Å². The van der Waals surface area contributed by atoms with Gasteiger partial charge in [-0.3, -0.25) is 9.76 Å². The smallest absolute Gasteiger partial charge is 0.119 e. The molecule has 2 nitrogen and oxygen atoms in total. The number of benzene rings is 4. The Kier molecular flexibility index (Phi) is 6.94. The molecule has 0 aliphatic rings. The Balaban J connectivity index is 1.76. The number of aliphatic imine (C=N–C) groups is 1. The monoisotopic (exact) mass is 406 g/mol. The average molecular weight is 406 g/mol. The Morgan fingerprint density at radius 2 is 1.00 bits per heavy atom. The molecule has 0 aliphatic heterocycles. The molecule has 0 radical (unpaired) electrons. The molecule has 0 aliphatic carbocycles. The number of nitrogens with zero attached hydrogens (tertiary/aromatic N) is 2. The second kappa shape index (κ2) is 10.4. The van der Waals surface area contributed by atoms with Crippen molar-refractivity contribution in [1.82, 2.24) is 0 Å². The van der Waals surface area contributed by atoms with Gasteiger partial charge in [-0.05, 0) is 16.7 Å². The third kappa shape index (κ3) is 5.37. The summed E-state index contributed by atoms with van der Waals surface area (Å²) in [5, 5.41) is 1.21. The number of hydrogen-bond donors (Lipinski definition) is 0. The molecule has 0 N–H and O–H groups in total. The topological polar surface area (TPSA) is 24.7 Å². The second-order valence-electron chi connectivity index (χ2n) is 6.81. The van der Waals surface area contributed by atoms with Gasteiger partial charge in [-0.15, -0.1) is 0 Å². The van der Waals surface area contributed by atoms with Crippen molar-refractivity contribution in [1.29, 1.82) is 0 Å². The summed E-state index contributed by atoms with van der Waals surface area (Å²) in [5.41, 5.74) is 3.36. The van der Waals surface area contributed by atoms with Crippen LogP contribution in [0.1, 0.15) is 22.5 Å². The summed E-state index contributed by atoms with van der Waals surface area (Å²) >= 11 is 0. The van der Waals surface area contributed by atoms with Crippen molar-refractivity contribution in [3.63, 3.8) is 0 Å². The summed E-state index contributed by atoms with van der Waals surface area (Å²) in [6.07, 6.45) is 3.95. The molecule has 4 aromatic rings. The van der Waals surface area contributed by atoms with Gasteiger partial charge in [-0.2, -0.15) is 0 Å². The van der Waals surface area contributed by atoms with E-state index in [2.05, 4.69) is 72.8 Å². The molecule has 2 atom stereocenters. The molecule has 0 amide bonds. The third-order valence-corrected chi connectivity index (χ3v) is 6.73. The Bertz CT molecular complexity index is 988. The van der Waals surface area contributed by atoms with Gasteiger partial charge in [-0.25, -0.2) is 0 Å². The predicted molar refractivity (Wildman–Crippen MR) is 130 cm³/mol. The largest absolute Gasteiger partial charge is 0.278 e. The van der Waals surface area contributed by atoms with Crippen LogP contribution in [-0.4, -0.2) is 12.4 Å². The van der Waals surface area contributed by atoms with Crippen molar-refractivity contribution in [2.24, 2.45) is 9.76 Å². The van der Waals surface area contributed by atoms with E-state index in [0.29, 0.717) is 0 Å². The summed E-state index contributed by atoms with van der Waals surface area (Å²) in [5.74, 6) is -0.0660. The zero-order valence-corrected chi connectivity index (χ0v) is 17.5. The highest BCUT2D eigenvalue weighted by Gasteiger charge is 2.23. The lowest BCUT2D eigenvalue weighted by Gasteiger charge is -2.21. The molecule has 2 unspecified atom stereocenters. The highest BCUT2D eigenvalue weighted by molar-refractivity contribution is 7.64. The zero-order valence-electron chi connectivity index (χ0n) is 16.6. The quantitative estimate of drug-likeness (QED) is 0.243. The van der Waals surface area contributed by atoms with E-state index in [1.54, 1.807) is 0 Å². The van der Waals surface area contributed by atoms with Crippen LogP contribution < -0.4 is 5.30 Å². The predicted octanol–water partition coefficient (Wildman–Crippen LogP) is 6.65. The molecule has 0 saturated heterocycles. The van der Waals surface area contributed by atoms with Gasteiger partial charge in [0.15, 0.2) is 0 Å². The molecule has 30 heavy (non-hydrogen) atoms. The third-order valence-electron chi connectivity index (χ3n) is 4.65. The first-order valence-corrected chi connectivity index (χ1v) is 11.3. The molecule has 0 bridgehead atoms. The van der Waals surface area contributed by atoms with Crippen molar-refractivity contribution in [2.75, 3.05) is 0 Å². The lowest BCUT2D eigenvalue weighted by Crippen LogP contribution is -2.06. The van der Waals surface area contributed by atoms with E-state index in [1.807, 2.05) is 61.0 Å². The maximum Gasteiger partial charge on any atom is 0.119 e. The SMILES string of the molecule is C(=N\C(c1ccccc1)P(/N=C/c1ccccc1)c1ccccc1)/c1ccccc1. The fourth-order valence-electron chi connectivity index (χ4n) is 3.13. The van der Waals surface area contributed by atoms with E-state index >= 15 is 0 Å². The zero-order chi connectivity index (χ0) is 20.4. The van der Waals surface area contributed by atoms with Crippen LogP contribution in [0.25, 0.3) is 0 Å². The average Bonchev–Trinajstić information content (AvgIpc) is 2.83. The van der Waals surface area contributed by atoms with Crippen molar-refractivity contribution < 1.29 is 0 Å². The van der Waals surface area contributed by atoms with Crippen molar-refractivity contribution in [2.45, 2.75) is 5.78 Å². The van der Waals surface area contributed by atoms with Crippen LogP contribution >= 0.6 is 8.07 Å². The molecule has 0 heterocycles. The van der Waals surface area contributed by atoms with E-state index in [9.17, 15) is 0 Å². The van der Waals surface area contributed by atoms with E-state index in [1.165, 1.54) is 10.9 Å². The number of rotatable bonds is 7. The van der Waals surface area contributed by atoms with Crippen LogP contribution in [0.3, 0.4) is 0 Å². The molecule has 146 valence electrons. The van der Waals surface area contributed by atoms with E-state index < -0.39 is 8.07 Å². The van der Waals surface area contributed by atoms with Gasteiger partial charge in [0.05, 0.1) is 8.07 Å². The Morgan fingerprint density at radius 1 is 0.533 bits per heavy atom. The Hall–Kier alpha value is -3.35. The fraction of sp³-hybridized carbons (Fsp3) is 0.0370. The van der Waals surface area contributed by atoms with E-state index in [-0.39, 0.29) is 5.78 Å². The molecular formula is C27H23N2P. The summed E-state index contributed by atoms with van der Waals surface area (Å²) in [6, 6.07) is 41.4. The first kappa shape index (κ1) is 19.9. The minimum Gasteiger partial charge on any atom is -0.278 e. The van der Waals surface area contributed by atoms with Crippen molar-refractivity contribution >= 4 is 25.8 Å². The van der Waals surface area contributed by atoms with Crippen molar-refractivity contribution in [3.05, 3.63) is 138 Å². The molecule has 4 aromatic carbocycles.